The van der Waals surface area contributed by atoms with Crippen molar-refractivity contribution in [2.24, 2.45) is 0 Å². The second kappa shape index (κ2) is 5.85. The van der Waals surface area contributed by atoms with E-state index in [-0.39, 0.29) is 12.5 Å². The first kappa shape index (κ1) is 14.2. The zero-order chi connectivity index (χ0) is 14.7. The summed E-state index contributed by atoms with van der Waals surface area (Å²) in [5, 5.41) is 13.4. The molecule has 7 nitrogen and oxygen atoms in total. The lowest BCUT2D eigenvalue weighted by atomic mass is 10.2. The van der Waals surface area contributed by atoms with Crippen molar-refractivity contribution in [2.75, 3.05) is 11.4 Å². The first-order valence-corrected chi connectivity index (χ1v) is 6.56. The number of nitrogens with zero attached hydrogens (tertiary/aromatic N) is 4. The van der Waals surface area contributed by atoms with Crippen LogP contribution in [0.25, 0.3) is 11.1 Å². The molecule has 2 aromatic heterocycles. The van der Waals surface area contributed by atoms with Crippen LogP contribution in [0.3, 0.4) is 0 Å². The summed E-state index contributed by atoms with van der Waals surface area (Å²) in [7, 11) is 0. The topological polar surface area (TPSA) is 92.4 Å². The van der Waals surface area contributed by atoms with Gasteiger partial charge in [0, 0.05) is 19.0 Å². The number of rotatable bonds is 6. The Labute approximate surface area is 116 Å². The standard InChI is InChI=1S/C13H18N4O3/c1-8(2)17(6-4-5-10(18)19)12-11-9(3)16-20-13(11)15-7-14-12/h7-8H,4-6H2,1-3H3,(H,18,19). The quantitative estimate of drug-likeness (QED) is 0.863. The van der Waals surface area contributed by atoms with Gasteiger partial charge >= 0.3 is 5.97 Å². The molecule has 1 N–H and O–H groups in total. The summed E-state index contributed by atoms with van der Waals surface area (Å²) >= 11 is 0. The molecule has 0 radical (unpaired) electrons. The molecule has 2 rings (SSSR count). The van der Waals surface area contributed by atoms with E-state index in [1.165, 1.54) is 6.33 Å². The summed E-state index contributed by atoms with van der Waals surface area (Å²) in [5.41, 5.74) is 1.19. The monoisotopic (exact) mass is 278 g/mol. The number of carbonyl (C=O) groups is 1. The Kier molecular flexibility index (Phi) is 4.16. The minimum atomic E-state index is -0.789. The van der Waals surface area contributed by atoms with Crippen LogP contribution in [-0.2, 0) is 4.79 Å². The third-order valence-corrected chi connectivity index (χ3v) is 3.11. The van der Waals surface area contributed by atoms with E-state index in [9.17, 15) is 4.79 Å². The van der Waals surface area contributed by atoms with Gasteiger partial charge in [-0.15, -0.1) is 0 Å². The summed E-state index contributed by atoms with van der Waals surface area (Å²) in [6.45, 7) is 6.53. The predicted octanol–water partition coefficient (Wildman–Crippen LogP) is 2.01. The Morgan fingerprint density at radius 2 is 2.20 bits per heavy atom. The van der Waals surface area contributed by atoms with Gasteiger partial charge in [0.15, 0.2) is 0 Å². The Bertz CT molecular complexity index is 609. The van der Waals surface area contributed by atoms with Crippen LogP contribution >= 0.6 is 0 Å². The number of anilines is 1. The molecular weight excluding hydrogens is 260 g/mol. The fourth-order valence-corrected chi connectivity index (χ4v) is 2.13. The van der Waals surface area contributed by atoms with E-state index in [1.54, 1.807) is 0 Å². The number of carboxylic acids is 1. The summed E-state index contributed by atoms with van der Waals surface area (Å²) in [4.78, 5) is 21.1. The molecule has 0 bridgehead atoms. The number of hydrogen-bond donors (Lipinski definition) is 1. The summed E-state index contributed by atoms with van der Waals surface area (Å²) in [6, 6.07) is 0.191. The molecule has 2 heterocycles. The second-order valence-electron chi connectivity index (χ2n) is 4.93. The van der Waals surface area contributed by atoms with Crippen LogP contribution in [0.1, 0.15) is 32.4 Å². The zero-order valence-electron chi connectivity index (χ0n) is 11.8. The van der Waals surface area contributed by atoms with Crippen LogP contribution in [0.5, 0.6) is 0 Å². The summed E-state index contributed by atoms with van der Waals surface area (Å²) in [5.74, 6) is -0.0446. The number of aromatic nitrogens is 3. The number of aliphatic carboxylic acids is 1. The van der Waals surface area contributed by atoms with Crippen molar-refractivity contribution in [1.82, 2.24) is 15.1 Å². The maximum absolute atomic E-state index is 10.6. The van der Waals surface area contributed by atoms with Crippen molar-refractivity contribution in [3.8, 4) is 0 Å². The van der Waals surface area contributed by atoms with E-state index >= 15 is 0 Å². The average Bonchev–Trinajstić information content (AvgIpc) is 2.76. The van der Waals surface area contributed by atoms with E-state index in [0.717, 1.165) is 16.9 Å². The van der Waals surface area contributed by atoms with Crippen LogP contribution in [0.15, 0.2) is 10.9 Å². The molecule has 0 aliphatic heterocycles. The van der Waals surface area contributed by atoms with Crippen molar-refractivity contribution in [2.45, 2.75) is 39.7 Å². The van der Waals surface area contributed by atoms with Gasteiger partial charge < -0.3 is 14.5 Å². The first-order valence-electron chi connectivity index (χ1n) is 6.56. The lowest BCUT2D eigenvalue weighted by Gasteiger charge is -2.27. The molecule has 0 aliphatic rings. The maximum atomic E-state index is 10.6. The molecule has 0 saturated carbocycles. The highest BCUT2D eigenvalue weighted by Gasteiger charge is 2.19. The van der Waals surface area contributed by atoms with Gasteiger partial charge in [0.1, 0.15) is 17.5 Å². The van der Waals surface area contributed by atoms with E-state index in [4.69, 9.17) is 9.63 Å². The molecule has 7 heteroatoms. The lowest BCUT2D eigenvalue weighted by Crippen LogP contribution is -2.33. The Balaban J connectivity index is 2.31. The Hall–Kier alpha value is -2.18. The molecule has 2 aromatic rings. The van der Waals surface area contributed by atoms with E-state index in [0.29, 0.717) is 18.7 Å². The van der Waals surface area contributed by atoms with Crippen LogP contribution in [0.4, 0.5) is 5.82 Å². The van der Waals surface area contributed by atoms with Gasteiger partial charge in [-0.1, -0.05) is 5.16 Å². The molecule has 0 aliphatic carbocycles. The number of fused-ring (bicyclic) bond motifs is 1. The fourth-order valence-electron chi connectivity index (χ4n) is 2.13. The van der Waals surface area contributed by atoms with Gasteiger partial charge in [0.05, 0.1) is 5.69 Å². The molecule has 20 heavy (non-hydrogen) atoms. The average molecular weight is 278 g/mol. The highest BCUT2D eigenvalue weighted by Crippen LogP contribution is 2.27. The number of hydrogen-bond acceptors (Lipinski definition) is 6. The first-order chi connectivity index (χ1) is 9.50. The molecule has 0 atom stereocenters. The number of aryl methyl sites for hydroxylation is 1. The summed E-state index contributed by atoms with van der Waals surface area (Å²) < 4.78 is 5.14. The van der Waals surface area contributed by atoms with Crippen molar-refractivity contribution in [1.29, 1.82) is 0 Å². The van der Waals surface area contributed by atoms with Gasteiger partial charge in [-0.05, 0) is 27.2 Å². The van der Waals surface area contributed by atoms with Crippen molar-refractivity contribution < 1.29 is 14.4 Å². The smallest absolute Gasteiger partial charge is 0.303 e. The largest absolute Gasteiger partial charge is 0.481 e. The fraction of sp³-hybridized carbons (Fsp3) is 0.538. The van der Waals surface area contributed by atoms with E-state index in [2.05, 4.69) is 20.0 Å². The second-order valence-corrected chi connectivity index (χ2v) is 4.93. The molecular formula is C13H18N4O3. The number of carboxylic acid groups (broad SMARTS) is 1. The lowest BCUT2D eigenvalue weighted by molar-refractivity contribution is -0.137. The van der Waals surface area contributed by atoms with Crippen molar-refractivity contribution in [3.63, 3.8) is 0 Å². The van der Waals surface area contributed by atoms with E-state index < -0.39 is 5.97 Å². The Morgan fingerprint density at radius 3 is 2.85 bits per heavy atom. The Morgan fingerprint density at radius 1 is 1.45 bits per heavy atom. The summed E-state index contributed by atoms with van der Waals surface area (Å²) in [6.07, 6.45) is 2.14. The van der Waals surface area contributed by atoms with Gasteiger partial charge in [-0.2, -0.15) is 4.98 Å². The van der Waals surface area contributed by atoms with Gasteiger partial charge in [0.2, 0.25) is 0 Å². The zero-order valence-corrected chi connectivity index (χ0v) is 11.8. The third-order valence-electron chi connectivity index (χ3n) is 3.11. The third kappa shape index (κ3) is 2.87. The van der Waals surface area contributed by atoms with Gasteiger partial charge in [0.25, 0.3) is 5.71 Å². The van der Waals surface area contributed by atoms with Crippen molar-refractivity contribution in [3.05, 3.63) is 12.0 Å². The molecule has 0 aromatic carbocycles. The molecule has 0 unspecified atom stereocenters. The minimum Gasteiger partial charge on any atom is -0.481 e. The molecule has 0 saturated heterocycles. The van der Waals surface area contributed by atoms with E-state index in [1.807, 2.05) is 20.8 Å². The van der Waals surface area contributed by atoms with Crippen LogP contribution in [0.2, 0.25) is 0 Å². The predicted molar refractivity (Wildman–Crippen MR) is 73.7 cm³/mol. The normalized spacial score (nSPS) is 11.2. The minimum absolute atomic E-state index is 0.139. The maximum Gasteiger partial charge on any atom is 0.303 e. The highest BCUT2D eigenvalue weighted by atomic mass is 16.5. The highest BCUT2D eigenvalue weighted by molar-refractivity contribution is 5.87. The van der Waals surface area contributed by atoms with Gasteiger partial charge in [-0.25, -0.2) is 4.98 Å². The molecule has 0 spiro atoms. The SMILES string of the molecule is Cc1noc2ncnc(N(CCCC(=O)O)C(C)C)c12. The van der Waals surface area contributed by atoms with Crippen LogP contribution < -0.4 is 4.90 Å². The van der Waals surface area contributed by atoms with Crippen LogP contribution in [0, 0.1) is 6.92 Å². The van der Waals surface area contributed by atoms with Crippen molar-refractivity contribution >= 4 is 22.9 Å². The molecule has 0 amide bonds. The molecule has 108 valence electrons. The van der Waals surface area contributed by atoms with Gasteiger partial charge in [-0.3, -0.25) is 4.79 Å². The molecule has 0 fully saturated rings. The van der Waals surface area contributed by atoms with Crippen LogP contribution in [-0.4, -0.2) is 38.8 Å².